The fourth-order valence-electron chi connectivity index (χ4n) is 6.84. The highest BCUT2D eigenvalue weighted by Gasteiger charge is 2.24. The van der Waals surface area contributed by atoms with Crippen LogP contribution in [0, 0.1) is 0 Å². The molecule has 0 radical (unpaired) electrons. The van der Waals surface area contributed by atoms with E-state index in [4.69, 9.17) is 26.2 Å². The number of nitrogen functional groups attached to an aromatic ring is 2. The van der Waals surface area contributed by atoms with Crippen LogP contribution >= 0.6 is 57.1 Å². The summed E-state index contributed by atoms with van der Waals surface area (Å²) in [6, 6.07) is 29.8. The highest BCUT2D eigenvalue weighted by atomic mass is 32.2. The van der Waals surface area contributed by atoms with Crippen LogP contribution in [0.1, 0.15) is 47.7 Å². The van der Waals surface area contributed by atoms with E-state index in [1.54, 1.807) is 41.1 Å². The molecular formula is C42H40N4O2S6. The lowest BCUT2D eigenvalue weighted by atomic mass is 9.94. The summed E-state index contributed by atoms with van der Waals surface area (Å²) in [5.74, 6) is 1.51. The third kappa shape index (κ3) is 7.88. The molecule has 4 N–H and O–H groups in total. The molecule has 6 nitrogen and oxygen atoms in total. The molecule has 12 heteroatoms. The maximum absolute atomic E-state index is 13.3. The predicted octanol–water partition coefficient (Wildman–Crippen LogP) is 10.2. The number of aromatic nitrogens is 1. The molecule has 6 heterocycles. The number of methoxy groups -OCH3 is 1. The van der Waals surface area contributed by atoms with E-state index < -0.39 is 10.8 Å². The van der Waals surface area contributed by atoms with Crippen molar-refractivity contribution in [3.8, 4) is 21.7 Å². The normalized spacial score (nSPS) is 14.7. The fourth-order valence-corrected chi connectivity index (χ4v) is 13.6. The number of unbranched alkanes of at least 4 members (excludes halogenated alkanes) is 1. The van der Waals surface area contributed by atoms with Gasteiger partial charge in [-0.1, -0.05) is 66.7 Å². The van der Waals surface area contributed by atoms with Crippen molar-refractivity contribution < 1.29 is 8.95 Å². The first-order valence-corrected chi connectivity index (χ1v) is 23.6. The van der Waals surface area contributed by atoms with Gasteiger partial charge in [0.25, 0.3) is 0 Å². The summed E-state index contributed by atoms with van der Waals surface area (Å²) in [5.41, 5.74) is 21.9. The van der Waals surface area contributed by atoms with Crippen molar-refractivity contribution >= 4 is 95.1 Å². The van der Waals surface area contributed by atoms with Gasteiger partial charge in [0, 0.05) is 41.4 Å². The van der Waals surface area contributed by atoms with E-state index in [2.05, 4.69) is 77.5 Å². The number of nitrogens with zero attached hydrogens (tertiary/aromatic N) is 2. The molecule has 276 valence electrons. The molecule has 0 aliphatic carbocycles. The molecule has 54 heavy (non-hydrogen) atoms. The summed E-state index contributed by atoms with van der Waals surface area (Å²) >= 11 is 8.56. The van der Waals surface area contributed by atoms with Crippen molar-refractivity contribution in [1.82, 2.24) is 4.98 Å². The Labute approximate surface area is 338 Å². The number of rotatable bonds is 15. The Morgan fingerprint density at radius 3 is 2.46 bits per heavy atom. The maximum Gasteiger partial charge on any atom is 0.127 e. The molecule has 5 aromatic heterocycles. The van der Waals surface area contributed by atoms with E-state index in [0.29, 0.717) is 28.7 Å². The first-order valence-electron chi connectivity index (χ1n) is 17.9. The number of hydrogen-bond donors (Lipinski definition) is 2. The Balaban J connectivity index is 0.969. The summed E-state index contributed by atoms with van der Waals surface area (Å²) in [7, 11) is 0.450. The number of fused-ring (bicyclic) bond motifs is 2. The number of thiophene rings is 4. The molecule has 0 amide bonds. The molecule has 1 aliphatic heterocycles. The van der Waals surface area contributed by atoms with Gasteiger partial charge in [0.2, 0.25) is 0 Å². The third-order valence-electron chi connectivity index (χ3n) is 9.49. The number of hydrogen-bond acceptors (Lipinski definition) is 11. The summed E-state index contributed by atoms with van der Waals surface area (Å²) < 4.78 is 21.4. The van der Waals surface area contributed by atoms with Gasteiger partial charge in [-0.05, 0) is 88.2 Å². The molecule has 0 bridgehead atoms. The van der Waals surface area contributed by atoms with Gasteiger partial charge in [-0.3, -0.25) is 9.20 Å². The number of ether oxygens (including phenoxy) is 1. The molecule has 8 rings (SSSR count). The highest BCUT2D eigenvalue weighted by Crippen LogP contribution is 2.43. The average molecular weight is 825 g/mol. The topological polar surface area (TPSA) is 104 Å². The van der Waals surface area contributed by atoms with Crippen molar-refractivity contribution in [2.75, 3.05) is 36.7 Å². The predicted molar refractivity (Wildman–Crippen MR) is 234 cm³/mol. The van der Waals surface area contributed by atoms with Crippen LogP contribution < -0.4 is 21.4 Å². The van der Waals surface area contributed by atoms with E-state index >= 15 is 0 Å². The molecule has 0 fully saturated rings. The minimum atomic E-state index is -1.21. The Bertz CT molecular complexity index is 2520. The lowest BCUT2D eigenvalue weighted by molar-refractivity contribution is 0.200. The first-order chi connectivity index (χ1) is 26.5. The first kappa shape index (κ1) is 37.3. The van der Waals surface area contributed by atoms with E-state index in [9.17, 15) is 4.21 Å². The van der Waals surface area contributed by atoms with Crippen LogP contribution in [0.15, 0.2) is 109 Å². The lowest BCUT2D eigenvalue weighted by Gasteiger charge is -2.17. The standard InChI is InChI=1S/C42H40N4O2S6/c1-48-18-11-21-54(47)42-38(44)36-30(28-15-6-3-7-16-28)24-32(46-40(36)53-42)34-22-26(25-51-34)12-8-9-19-50-41-37(43)35-29(27-13-4-2-5-14-27)23-31(45-39(35)52-41)33-17-10-20-49-33/h2-7,10,13-17,20,22,24-25,31H,8-9,11-12,18-19,21,23,43-44H2,1H3. The number of thioether (sulfide) groups is 1. The summed E-state index contributed by atoms with van der Waals surface area (Å²) in [5, 5.41) is 6.41. The molecule has 2 unspecified atom stereocenters. The molecule has 2 aromatic carbocycles. The Hall–Kier alpha value is -3.62. The molecule has 0 saturated heterocycles. The number of aryl methyl sites for hydroxylation is 1. The second-order valence-electron chi connectivity index (χ2n) is 13.1. The van der Waals surface area contributed by atoms with Crippen LogP contribution in [0.2, 0.25) is 0 Å². The Kier molecular flexibility index (Phi) is 11.8. The minimum Gasteiger partial charge on any atom is -0.397 e. The second kappa shape index (κ2) is 17.0. The van der Waals surface area contributed by atoms with Crippen LogP contribution in [-0.2, 0) is 22.0 Å². The largest absolute Gasteiger partial charge is 0.397 e. The quantitative estimate of drug-likeness (QED) is 0.0789. The van der Waals surface area contributed by atoms with Gasteiger partial charge in [-0.15, -0.1) is 57.1 Å². The van der Waals surface area contributed by atoms with Gasteiger partial charge in [0.15, 0.2) is 0 Å². The lowest BCUT2D eigenvalue weighted by Crippen LogP contribution is -2.30. The zero-order chi connectivity index (χ0) is 37.0. The Morgan fingerprint density at radius 2 is 1.70 bits per heavy atom. The second-order valence-corrected chi connectivity index (χ2v) is 20.1. The minimum absolute atomic E-state index is 0.129. The van der Waals surface area contributed by atoms with Crippen molar-refractivity contribution in [2.45, 2.75) is 46.6 Å². The smallest absolute Gasteiger partial charge is 0.127 e. The number of benzene rings is 2. The molecule has 0 saturated carbocycles. The summed E-state index contributed by atoms with van der Waals surface area (Å²) in [4.78, 5) is 13.6. The van der Waals surface area contributed by atoms with E-state index in [1.807, 2.05) is 30.0 Å². The van der Waals surface area contributed by atoms with Gasteiger partial charge >= 0.3 is 0 Å². The highest BCUT2D eigenvalue weighted by molar-refractivity contribution is 8.01. The van der Waals surface area contributed by atoms with Crippen LogP contribution in [0.3, 0.4) is 0 Å². The van der Waals surface area contributed by atoms with E-state index in [-0.39, 0.29) is 6.04 Å². The molecule has 0 spiro atoms. The number of anilines is 2. The monoisotopic (exact) mass is 824 g/mol. The molecular weight excluding hydrogens is 785 g/mol. The van der Waals surface area contributed by atoms with Gasteiger partial charge < -0.3 is 16.2 Å². The number of nitrogens with two attached hydrogens (primary N) is 2. The summed E-state index contributed by atoms with van der Waals surface area (Å²) in [6.45, 7) is 0.570. The molecule has 2 atom stereocenters. The van der Waals surface area contributed by atoms with Gasteiger partial charge in [-0.2, -0.15) is 0 Å². The number of pyridine rings is 1. The Morgan fingerprint density at radius 1 is 0.907 bits per heavy atom. The van der Waals surface area contributed by atoms with Gasteiger partial charge in [-0.25, -0.2) is 4.98 Å². The van der Waals surface area contributed by atoms with Gasteiger partial charge in [0.1, 0.15) is 13.7 Å². The molecule has 1 aliphatic rings. The van der Waals surface area contributed by atoms with Crippen LogP contribution in [0.4, 0.5) is 11.4 Å². The van der Waals surface area contributed by atoms with Crippen molar-refractivity contribution in [3.05, 3.63) is 122 Å². The summed E-state index contributed by atoms with van der Waals surface area (Å²) in [6.07, 6.45) is 4.75. The van der Waals surface area contributed by atoms with Crippen LogP contribution in [0.5, 0.6) is 0 Å². The van der Waals surface area contributed by atoms with Crippen molar-refractivity contribution in [2.24, 2.45) is 4.99 Å². The zero-order valence-corrected chi connectivity index (χ0v) is 34.7. The zero-order valence-electron chi connectivity index (χ0n) is 29.8. The SMILES string of the molecule is COCCCS(=O)c1sc2nc(-c3cc(CCCCSc4sc5c(c4N)=C(c4ccccc4)CC(c4cccs4)N=5)cs3)cc(-c3ccccc3)c2c1N. The van der Waals surface area contributed by atoms with E-state index in [0.717, 1.165) is 78.9 Å². The maximum atomic E-state index is 13.3. The van der Waals surface area contributed by atoms with Crippen LogP contribution in [-0.4, -0.2) is 34.4 Å². The fraction of sp³-hybridized carbons (Fsp3) is 0.238. The van der Waals surface area contributed by atoms with Gasteiger partial charge in [0.05, 0.1) is 43.0 Å². The third-order valence-corrected chi connectivity index (χ3v) is 16.9. The average Bonchev–Trinajstić information content (AvgIpc) is 4.03. The van der Waals surface area contributed by atoms with Crippen LogP contribution in [0.25, 0.3) is 37.5 Å². The van der Waals surface area contributed by atoms with E-state index in [1.165, 1.54) is 37.1 Å². The van der Waals surface area contributed by atoms with Crippen molar-refractivity contribution in [1.29, 1.82) is 0 Å². The van der Waals surface area contributed by atoms with Crippen molar-refractivity contribution in [3.63, 3.8) is 0 Å². The molecule has 7 aromatic rings.